The average Bonchev–Trinajstić information content (AvgIpc) is 2.57. The second-order valence-electron chi connectivity index (χ2n) is 5.36. The number of carbonyl (C=O) groups is 1. The third-order valence-corrected chi connectivity index (χ3v) is 4.21. The van der Waals surface area contributed by atoms with Crippen LogP contribution in [0.25, 0.3) is 22.4 Å². The smallest absolute Gasteiger partial charge is 0.336 e. The Morgan fingerprint density at radius 3 is 2.29 bits per heavy atom. The summed E-state index contributed by atoms with van der Waals surface area (Å²) in [5.41, 5.74) is 2.30. The van der Waals surface area contributed by atoms with Crippen LogP contribution in [0.4, 0.5) is 0 Å². The maximum Gasteiger partial charge on any atom is 0.336 e. The van der Waals surface area contributed by atoms with E-state index in [2.05, 4.69) is 0 Å². The molecule has 0 unspecified atom stereocenters. The molecule has 0 radical (unpaired) electrons. The van der Waals surface area contributed by atoms with E-state index >= 15 is 0 Å². The fourth-order valence-electron chi connectivity index (χ4n) is 2.64. The molecule has 4 nitrogen and oxygen atoms in total. The first-order valence-corrected chi connectivity index (χ1v) is 7.65. The molecule has 120 valence electrons. The predicted octanol–water partition coefficient (Wildman–Crippen LogP) is 4.07. The van der Waals surface area contributed by atoms with Crippen molar-refractivity contribution >= 4 is 17.6 Å². The fraction of sp³-hybridized carbons (Fsp3) is 0.0526. The molecule has 2 aromatic carbocycles. The summed E-state index contributed by atoms with van der Waals surface area (Å²) >= 11 is 6.23. The summed E-state index contributed by atoms with van der Waals surface area (Å²) in [7, 11) is 1.62. The van der Waals surface area contributed by atoms with Crippen LogP contribution in [0, 0.1) is 0 Å². The van der Waals surface area contributed by atoms with E-state index in [0.29, 0.717) is 21.8 Å². The Morgan fingerprint density at radius 1 is 1.00 bits per heavy atom. The molecule has 3 aromatic rings. The molecule has 5 heteroatoms. The first-order chi connectivity index (χ1) is 11.5. The van der Waals surface area contributed by atoms with E-state index in [1.807, 2.05) is 18.2 Å². The van der Waals surface area contributed by atoms with Crippen molar-refractivity contribution in [3.8, 4) is 22.4 Å². The topological polar surface area (TPSA) is 59.3 Å². The molecule has 0 saturated heterocycles. The zero-order chi connectivity index (χ0) is 17.3. The summed E-state index contributed by atoms with van der Waals surface area (Å²) in [6.07, 6.45) is 0. The minimum atomic E-state index is -1.04. The van der Waals surface area contributed by atoms with Crippen molar-refractivity contribution in [2.75, 3.05) is 0 Å². The molecule has 0 aliphatic rings. The molecule has 24 heavy (non-hydrogen) atoms. The summed E-state index contributed by atoms with van der Waals surface area (Å²) in [6.45, 7) is 0. The molecule has 1 N–H and O–H groups in total. The molecule has 3 rings (SSSR count). The maximum atomic E-state index is 12.4. The van der Waals surface area contributed by atoms with Gasteiger partial charge in [0.15, 0.2) is 0 Å². The van der Waals surface area contributed by atoms with Crippen LogP contribution in [0.15, 0.2) is 65.5 Å². The van der Waals surface area contributed by atoms with E-state index in [4.69, 9.17) is 11.6 Å². The fourth-order valence-corrected chi connectivity index (χ4v) is 2.88. The normalized spacial score (nSPS) is 10.6. The lowest BCUT2D eigenvalue weighted by Crippen LogP contribution is -2.18. The second kappa shape index (κ2) is 6.34. The number of nitrogens with zero attached hydrogens (tertiary/aromatic N) is 1. The van der Waals surface area contributed by atoms with Crippen molar-refractivity contribution in [3.63, 3.8) is 0 Å². The Labute approximate surface area is 143 Å². The number of hydrogen-bond donors (Lipinski definition) is 1. The summed E-state index contributed by atoms with van der Waals surface area (Å²) in [5, 5.41) is 9.94. The van der Waals surface area contributed by atoms with E-state index in [-0.39, 0.29) is 11.1 Å². The van der Waals surface area contributed by atoms with Gasteiger partial charge in [0.2, 0.25) is 0 Å². The van der Waals surface area contributed by atoms with Gasteiger partial charge in [0.1, 0.15) is 0 Å². The van der Waals surface area contributed by atoms with Gasteiger partial charge in [-0.15, -0.1) is 0 Å². The molecule has 0 bridgehead atoms. The Balaban J connectivity index is 2.30. The van der Waals surface area contributed by atoms with Crippen LogP contribution >= 0.6 is 11.6 Å². The van der Waals surface area contributed by atoms with Gasteiger partial charge in [0, 0.05) is 29.3 Å². The molecule has 1 aromatic heterocycles. The van der Waals surface area contributed by atoms with E-state index < -0.39 is 5.97 Å². The first kappa shape index (κ1) is 16.0. The molecule has 0 atom stereocenters. The van der Waals surface area contributed by atoms with Gasteiger partial charge in [0.25, 0.3) is 5.56 Å². The van der Waals surface area contributed by atoms with Gasteiger partial charge >= 0.3 is 5.97 Å². The molecule has 0 fully saturated rings. The molecule has 0 saturated carbocycles. The Hall–Kier alpha value is -2.85. The number of carboxylic acids is 1. The third-order valence-electron chi connectivity index (χ3n) is 3.88. The minimum Gasteiger partial charge on any atom is -0.478 e. The number of benzene rings is 2. The van der Waals surface area contributed by atoms with Crippen LogP contribution in [-0.2, 0) is 7.05 Å². The number of aromatic nitrogens is 1. The van der Waals surface area contributed by atoms with E-state index in [1.54, 1.807) is 37.4 Å². The van der Waals surface area contributed by atoms with Crippen LogP contribution in [0.2, 0.25) is 5.02 Å². The zero-order valence-corrected chi connectivity index (χ0v) is 13.6. The monoisotopic (exact) mass is 339 g/mol. The first-order valence-electron chi connectivity index (χ1n) is 7.27. The van der Waals surface area contributed by atoms with Crippen LogP contribution in [0.5, 0.6) is 0 Å². The van der Waals surface area contributed by atoms with Crippen molar-refractivity contribution in [1.29, 1.82) is 0 Å². The number of carboxylic acid groups (broad SMARTS) is 1. The van der Waals surface area contributed by atoms with Gasteiger partial charge < -0.3 is 9.67 Å². The zero-order valence-electron chi connectivity index (χ0n) is 12.9. The van der Waals surface area contributed by atoms with Crippen molar-refractivity contribution in [2.45, 2.75) is 0 Å². The molecule has 0 amide bonds. The summed E-state index contributed by atoms with van der Waals surface area (Å²) in [6, 6.07) is 17.1. The summed E-state index contributed by atoms with van der Waals surface area (Å²) in [4.78, 5) is 23.9. The van der Waals surface area contributed by atoms with Gasteiger partial charge in [-0.05, 0) is 23.8 Å². The molecule has 0 spiro atoms. The highest BCUT2D eigenvalue weighted by atomic mass is 35.5. The van der Waals surface area contributed by atoms with Crippen molar-refractivity contribution in [1.82, 2.24) is 4.57 Å². The summed E-state index contributed by atoms with van der Waals surface area (Å²) < 4.78 is 1.43. The van der Waals surface area contributed by atoms with Crippen molar-refractivity contribution in [2.24, 2.45) is 7.05 Å². The lowest BCUT2D eigenvalue weighted by Gasteiger charge is -2.13. The second-order valence-corrected chi connectivity index (χ2v) is 5.76. The molecule has 0 aliphatic heterocycles. The highest BCUT2D eigenvalue weighted by Gasteiger charge is 2.15. The maximum absolute atomic E-state index is 12.4. The third kappa shape index (κ3) is 2.84. The van der Waals surface area contributed by atoms with Crippen molar-refractivity contribution in [3.05, 3.63) is 81.6 Å². The van der Waals surface area contributed by atoms with Crippen molar-refractivity contribution < 1.29 is 9.90 Å². The van der Waals surface area contributed by atoms with E-state index in [9.17, 15) is 14.7 Å². The van der Waals surface area contributed by atoms with Gasteiger partial charge in [-0.1, -0.05) is 48.0 Å². The van der Waals surface area contributed by atoms with Crippen LogP contribution in [0.3, 0.4) is 0 Å². The van der Waals surface area contributed by atoms with Gasteiger partial charge in [-0.2, -0.15) is 0 Å². The standard InChI is InChI=1S/C19H14ClNO3/c1-21-17(14-7-2-3-8-15(14)19(23)24)10-12(11-18(21)22)13-6-4-5-9-16(13)20/h2-11H,1H3,(H,23,24). The molecular formula is C19H14ClNO3. The van der Waals surface area contributed by atoms with Crippen LogP contribution in [0.1, 0.15) is 10.4 Å². The Bertz CT molecular complexity index is 992. The van der Waals surface area contributed by atoms with Gasteiger partial charge in [0.05, 0.1) is 11.3 Å². The average molecular weight is 340 g/mol. The Kier molecular flexibility index (Phi) is 4.23. The minimum absolute atomic E-state index is 0.142. The van der Waals surface area contributed by atoms with Crippen LogP contribution in [-0.4, -0.2) is 15.6 Å². The van der Waals surface area contributed by atoms with Gasteiger partial charge in [-0.3, -0.25) is 4.79 Å². The lowest BCUT2D eigenvalue weighted by molar-refractivity contribution is 0.0697. The molecule has 0 aliphatic carbocycles. The quantitative estimate of drug-likeness (QED) is 0.782. The number of rotatable bonds is 3. The molecule has 1 heterocycles. The number of aromatic carboxylic acids is 1. The van der Waals surface area contributed by atoms with E-state index in [0.717, 1.165) is 5.56 Å². The van der Waals surface area contributed by atoms with Gasteiger partial charge in [-0.25, -0.2) is 4.79 Å². The Morgan fingerprint density at radius 2 is 1.62 bits per heavy atom. The number of halogens is 1. The SMILES string of the molecule is Cn1c(-c2ccccc2C(=O)O)cc(-c2ccccc2Cl)cc1=O. The van der Waals surface area contributed by atoms with E-state index in [1.165, 1.54) is 16.7 Å². The number of pyridine rings is 1. The highest BCUT2D eigenvalue weighted by molar-refractivity contribution is 6.33. The highest BCUT2D eigenvalue weighted by Crippen LogP contribution is 2.30. The summed E-state index contributed by atoms with van der Waals surface area (Å²) in [5.74, 6) is -1.04. The predicted molar refractivity (Wildman–Crippen MR) is 94.5 cm³/mol. The van der Waals surface area contributed by atoms with Crippen LogP contribution < -0.4 is 5.56 Å². The molecular weight excluding hydrogens is 326 g/mol. The number of hydrogen-bond acceptors (Lipinski definition) is 2. The largest absolute Gasteiger partial charge is 0.478 e. The lowest BCUT2D eigenvalue weighted by atomic mass is 9.99.